The Labute approximate surface area is 162 Å². The van der Waals surface area contributed by atoms with Crippen LogP contribution in [0.5, 0.6) is 5.75 Å². The predicted molar refractivity (Wildman–Crippen MR) is 111 cm³/mol. The van der Waals surface area contributed by atoms with Crippen LogP contribution in [0.1, 0.15) is 11.1 Å². The van der Waals surface area contributed by atoms with Gasteiger partial charge in [0.15, 0.2) is 0 Å². The smallest absolute Gasteiger partial charge is 0.272 e. The van der Waals surface area contributed by atoms with Gasteiger partial charge in [-0.2, -0.15) is 0 Å². The summed E-state index contributed by atoms with van der Waals surface area (Å²) in [5.41, 5.74) is 0.928. The Balaban J connectivity index is 1.85. The summed E-state index contributed by atoms with van der Waals surface area (Å²) in [7, 11) is 3.98. The van der Waals surface area contributed by atoms with Gasteiger partial charge in [-0.3, -0.25) is 9.59 Å². The van der Waals surface area contributed by atoms with Crippen molar-refractivity contribution in [3.05, 3.63) is 97.1 Å². The van der Waals surface area contributed by atoms with Gasteiger partial charge in [-0.05, 0) is 49.5 Å². The maximum Gasteiger partial charge on any atom is 0.272 e. The Morgan fingerprint density at radius 3 is 1.89 bits per heavy atom. The van der Waals surface area contributed by atoms with Crippen molar-refractivity contribution in [2.24, 2.45) is 0 Å². The minimum atomic E-state index is -0.354. The molecule has 1 aromatic heterocycles. The zero-order chi connectivity index (χ0) is 19.9. The van der Waals surface area contributed by atoms with Crippen molar-refractivity contribution in [3.8, 4) is 5.75 Å². The first-order valence-corrected chi connectivity index (χ1v) is 9.00. The predicted octanol–water partition coefficient (Wildman–Crippen LogP) is 0.661. The van der Waals surface area contributed by atoms with Crippen molar-refractivity contribution in [3.63, 3.8) is 0 Å². The Morgan fingerprint density at radius 1 is 0.821 bits per heavy atom. The Hall–Kier alpha value is -3.38. The SMILES string of the molecule is CN(C)CCOc1ccc(/C=c2/[nH]c(=O)/c(=C\c3ccccc3)[nH]c2=O)cc1. The lowest BCUT2D eigenvalue weighted by atomic mass is 10.2. The van der Waals surface area contributed by atoms with Crippen LogP contribution >= 0.6 is 0 Å². The van der Waals surface area contributed by atoms with Crippen LogP contribution in [0.2, 0.25) is 0 Å². The zero-order valence-corrected chi connectivity index (χ0v) is 15.9. The number of rotatable bonds is 6. The fourth-order valence-electron chi connectivity index (χ4n) is 2.59. The van der Waals surface area contributed by atoms with Gasteiger partial charge in [0.05, 0.1) is 0 Å². The summed E-state index contributed by atoms with van der Waals surface area (Å²) in [6.07, 6.45) is 3.28. The molecule has 0 aliphatic heterocycles. The van der Waals surface area contributed by atoms with Gasteiger partial charge in [0.2, 0.25) is 0 Å². The van der Waals surface area contributed by atoms with Crippen LogP contribution in [0.25, 0.3) is 12.2 Å². The molecule has 0 spiro atoms. The number of likely N-dealkylation sites (N-methyl/N-ethyl adjacent to an activating group) is 1. The van der Waals surface area contributed by atoms with Crippen LogP contribution in [0.15, 0.2) is 64.2 Å². The number of aromatic nitrogens is 2. The number of nitrogens with zero attached hydrogens (tertiary/aromatic N) is 1. The minimum absolute atomic E-state index is 0.205. The summed E-state index contributed by atoms with van der Waals surface area (Å²) >= 11 is 0. The van der Waals surface area contributed by atoms with E-state index in [0.29, 0.717) is 6.61 Å². The van der Waals surface area contributed by atoms with Gasteiger partial charge in [0.25, 0.3) is 11.1 Å². The molecule has 0 unspecified atom stereocenters. The van der Waals surface area contributed by atoms with E-state index in [4.69, 9.17) is 4.74 Å². The third kappa shape index (κ3) is 5.31. The van der Waals surface area contributed by atoms with Crippen LogP contribution in [0.3, 0.4) is 0 Å². The molecule has 0 aliphatic rings. The van der Waals surface area contributed by atoms with Gasteiger partial charge in [0.1, 0.15) is 23.1 Å². The molecule has 3 aromatic rings. The highest BCUT2D eigenvalue weighted by molar-refractivity contribution is 5.50. The number of hydrogen-bond acceptors (Lipinski definition) is 4. The van der Waals surface area contributed by atoms with Crippen molar-refractivity contribution < 1.29 is 4.74 Å². The summed E-state index contributed by atoms with van der Waals surface area (Å²) in [5.74, 6) is 0.759. The first-order chi connectivity index (χ1) is 13.5. The second-order valence-corrected chi connectivity index (χ2v) is 6.66. The van der Waals surface area contributed by atoms with E-state index >= 15 is 0 Å². The van der Waals surface area contributed by atoms with Crippen LogP contribution in [0, 0.1) is 0 Å². The van der Waals surface area contributed by atoms with Crippen molar-refractivity contribution in [2.45, 2.75) is 0 Å². The highest BCUT2D eigenvalue weighted by Crippen LogP contribution is 2.12. The van der Waals surface area contributed by atoms with Gasteiger partial charge < -0.3 is 19.6 Å². The summed E-state index contributed by atoms with van der Waals surface area (Å²) in [6, 6.07) is 16.7. The quantitative estimate of drug-likeness (QED) is 0.662. The van der Waals surface area contributed by atoms with E-state index in [1.54, 1.807) is 12.2 Å². The third-order valence-corrected chi connectivity index (χ3v) is 4.09. The number of aromatic amines is 2. The molecule has 28 heavy (non-hydrogen) atoms. The third-order valence-electron chi connectivity index (χ3n) is 4.09. The summed E-state index contributed by atoms with van der Waals surface area (Å²) in [5, 5.41) is 0.425. The Bertz CT molecular complexity index is 1140. The Kier molecular flexibility index (Phi) is 6.24. The molecule has 0 saturated heterocycles. The molecule has 0 radical (unpaired) electrons. The molecule has 0 atom stereocenters. The lowest BCUT2D eigenvalue weighted by molar-refractivity contribution is 0.261. The van der Waals surface area contributed by atoms with Gasteiger partial charge in [0, 0.05) is 6.54 Å². The average Bonchev–Trinajstić information content (AvgIpc) is 2.68. The molecule has 144 valence electrons. The van der Waals surface area contributed by atoms with Crippen LogP contribution in [-0.4, -0.2) is 42.1 Å². The van der Waals surface area contributed by atoms with Crippen molar-refractivity contribution in [1.29, 1.82) is 0 Å². The standard InChI is InChI=1S/C22H23N3O3/c1-25(2)12-13-28-18-10-8-17(9-11-18)15-20-22(27)23-19(21(26)24-20)14-16-6-4-3-5-7-16/h3-11,14-15H,12-13H2,1-2H3,(H,23,27)(H,24,26)/b19-14+,20-15+. The molecule has 1 heterocycles. The fourth-order valence-corrected chi connectivity index (χ4v) is 2.59. The topological polar surface area (TPSA) is 78.2 Å². The van der Waals surface area contributed by atoms with Crippen molar-refractivity contribution in [2.75, 3.05) is 27.2 Å². The van der Waals surface area contributed by atoms with Crippen LogP contribution in [0.4, 0.5) is 0 Å². The van der Waals surface area contributed by atoms with Crippen molar-refractivity contribution >= 4 is 12.2 Å². The normalized spacial score (nSPS) is 12.5. The van der Waals surface area contributed by atoms with Crippen LogP contribution < -0.4 is 26.6 Å². The number of benzene rings is 2. The lowest BCUT2D eigenvalue weighted by Crippen LogP contribution is -2.46. The molecule has 2 N–H and O–H groups in total. The molecular weight excluding hydrogens is 354 g/mol. The highest BCUT2D eigenvalue weighted by atomic mass is 16.5. The largest absolute Gasteiger partial charge is 0.492 e. The van der Waals surface area contributed by atoms with E-state index < -0.39 is 0 Å². The van der Waals surface area contributed by atoms with Gasteiger partial charge in [-0.25, -0.2) is 0 Å². The molecule has 2 aromatic carbocycles. The number of nitrogens with one attached hydrogen (secondary N) is 2. The molecule has 0 saturated carbocycles. The molecule has 0 amide bonds. The molecule has 6 nitrogen and oxygen atoms in total. The lowest BCUT2D eigenvalue weighted by Gasteiger charge is -2.10. The van der Waals surface area contributed by atoms with E-state index in [0.717, 1.165) is 23.4 Å². The fraction of sp³-hybridized carbons (Fsp3) is 0.182. The molecule has 0 aliphatic carbocycles. The van der Waals surface area contributed by atoms with E-state index in [1.165, 1.54) is 0 Å². The van der Waals surface area contributed by atoms with E-state index in [1.807, 2.05) is 73.6 Å². The van der Waals surface area contributed by atoms with E-state index in [9.17, 15) is 9.59 Å². The summed E-state index contributed by atoms with van der Waals surface area (Å²) in [4.78, 5) is 32.0. The Morgan fingerprint density at radius 2 is 1.36 bits per heavy atom. The van der Waals surface area contributed by atoms with Crippen molar-refractivity contribution in [1.82, 2.24) is 14.9 Å². The zero-order valence-electron chi connectivity index (χ0n) is 15.9. The van der Waals surface area contributed by atoms with Gasteiger partial charge in [-0.1, -0.05) is 42.5 Å². The second kappa shape index (κ2) is 9.01. The number of H-pyrrole nitrogens is 2. The molecule has 0 bridgehead atoms. The summed E-state index contributed by atoms with van der Waals surface area (Å²) in [6.45, 7) is 1.43. The van der Waals surface area contributed by atoms with Gasteiger partial charge in [-0.15, -0.1) is 0 Å². The minimum Gasteiger partial charge on any atom is -0.492 e. The number of hydrogen-bond donors (Lipinski definition) is 2. The van der Waals surface area contributed by atoms with E-state index in [-0.39, 0.29) is 21.8 Å². The average molecular weight is 377 g/mol. The van der Waals surface area contributed by atoms with Crippen LogP contribution in [-0.2, 0) is 0 Å². The number of ether oxygens (including phenoxy) is 1. The van der Waals surface area contributed by atoms with E-state index in [2.05, 4.69) is 9.97 Å². The molecule has 0 fully saturated rings. The first-order valence-electron chi connectivity index (χ1n) is 9.00. The molecule has 3 rings (SSSR count). The maximum atomic E-state index is 12.4. The van der Waals surface area contributed by atoms with Gasteiger partial charge >= 0.3 is 0 Å². The maximum absolute atomic E-state index is 12.4. The molecule has 6 heteroatoms. The second-order valence-electron chi connectivity index (χ2n) is 6.66. The first kappa shape index (κ1) is 19.4. The monoisotopic (exact) mass is 377 g/mol. The summed E-state index contributed by atoms with van der Waals surface area (Å²) < 4.78 is 5.65. The molecular formula is C22H23N3O3. The highest BCUT2D eigenvalue weighted by Gasteiger charge is 1.98.